The monoisotopic (exact) mass is 870 g/mol. The van der Waals surface area contributed by atoms with E-state index >= 15 is 0 Å². The second kappa shape index (κ2) is 24.7. The van der Waals surface area contributed by atoms with Gasteiger partial charge >= 0.3 is 120 Å². The first-order chi connectivity index (χ1) is 24.0. The predicted molar refractivity (Wildman–Crippen MR) is 220 cm³/mol. The molecule has 0 unspecified atom stereocenters. The molecular formula is C39H57Cl3N4O4Sn. The molecule has 0 amide bonds. The average Bonchev–Trinajstić information content (AvgIpc) is 3.11. The molecule has 51 heavy (non-hydrogen) atoms. The summed E-state index contributed by atoms with van der Waals surface area (Å²) in [5, 5.41) is 2.18. The third kappa shape index (κ3) is 14.4. The van der Waals surface area contributed by atoms with Gasteiger partial charge in [-0.15, -0.1) is 0 Å². The number of halogens is 3. The van der Waals surface area contributed by atoms with E-state index in [0.29, 0.717) is 34.5 Å². The van der Waals surface area contributed by atoms with E-state index in [-0.39, 0.29) is 18.0 Å². The van der Waals surface area contributed by atoms with Crippen molar-refractivity contribution >= 4 is 80.7 Å². The van der Waals surface area contributed by atoms with E-state index in [1.54, 1.807) is 32.4 Å². The topological polar surface area (TPSA) is 88.5 Å². The number of unbranched alkanes of at least 4 members (excludes halogenated alkanes) is 3. The number of hydrogen-bond acceptors (Lipinski definition) is 8. The maximum atomic E-state index is 5.90. The van der Waals surface area contributed by atoms with E-state index in [2.05, 4.69) is 60.8 Å². The van der Waals surface area contributed by atoms with Crippen LogP contribution in [0.2, 0.25) is 29.0 Å². The quantitative estimate of drug-likeness (QED) is 0.0449. The van der Waals surface area contributed by atoms with Crippen LogP contribution in [0.5, 0.6) is 11.5 Å². The SMILES string of the molecule is C.C=C(OCC)c1nc(Cl)nc2ccc(OC)cc12.C=[C](OCC)[Sn]([CH2]CCC)([CH2]CCC)[CH2]CCC.COc1ccc2nc(Cl)nc(Cl)c2c1. The van der Waals surface area contributed by atoms with Crippen LogP contribution in [0.3, 0.4) is 0 Å². The molecule has 8 nitrogen and oxygen atoms in total. The molecule has 0 N–H and O–H groups in total. The maximum Gasteiger partial charge on any atom is 0.224 e. The van der Waals surface area contributed by atoms with Crippen molar-refractivity contribution in [2.75, 3.05) is 27.4 Å². The number of fused-ring (bicyclic) bond motifs is 2. The van der Waals surface area contributed by atoms with Crippen LogP contribution in [0, 0.1) is 0 Å². The second-order valence-electron chi connectivity index (χ2n) is 11.7. The standard InChI is InChI=1S/C13H13ClN2O2.C9H6Cl2N2O.C4H7O.3C4H9.CH4.Sn/c1-4-18-8(2)12-10-7-9(17-3)5-6-11(10)15-13(14)16-12;1-14-5-2-3-7-6(4-5)8(10)13-9(11)12-7;1-3-5-4-2;3*1-3-4-2;;/h5-7H,2,4H2,1,3H3;2-4H,1H3;1,4H2,2H3;3*1,3-4H2,2H3;1H4;. The van der Waals surface area contributed by atoms with E-state index in [1.165, 1.54) is 55.6 Å². The Bertz CT molecular complexity index is 1650. The minimum atomic E-state index is -2.24. The zero-order valence-electron chi connectivity index (χ0n) is 30.7. The summed E-state index contributed by atoms with van der Waals surface area (Å²) in [6.45, 7) is 20.4. The van der Waals surface area contributed by atoms with Crippen molar-refractivity contribution in [3.8, 4) is 11.5 Å². The van der Waals surface area contributed by atoms with Gasteiger partial charge in [0.15, 0.2) is 0 Å². The van der Waals surface area contributed by atoms with Crippen LogP contribution in [-0.4, -0.2) is 65.7 Å². The summed E-state index contributed by atoms with van der Waals surface area (Å²) in [4.78, 5) is 16.2. The predicted octanol–water partition coefficient (Wildman–Crippen LogP) is 12.8. The fraction of sp³-hybridized carbons (Fsp3) is 0.487. The van der Waals surface area contributed by atoms with Crippen molar-refractivity contribution in [2.24, 2.45) is 0 Å². The minimum absolute atomic E-state index is 0. The molecule has 0 bridgehead atoms. The van der Waals surface area contributed by atoms with Crippen LogP contribution in [0.25, 0.3) is 27.6 Å². The zero-order valence-corrected chi connectivity index (χ0v) is 35.8. The summed E-state index contributed by atoms with van der Waals surface area (Å²) in [6.07, 6.45) is 8.10. The Kier molecular flexibility index (Phi) is 22.5. The molecule has 0 saturated heterocycles. The van der Waals surface area contributed by atoms with Gasteiger partial charge in [0, 0.05) is 10.8 Å². The molecule has 0 aliphatic rings. The summed E-state index contributed by atoms with van der Waals surface area (Å²) >= 11 is 15.2. The maximum absolute atomic E-state index is 5.90. The fourth-order valence-electron chi connectivity index (χ4n) is 5.50. The first-order valence-corrected chi connectivity index (χ1v) is 26.0. The third-order valence-electron chi connectivity index (χ3n) is 8.22. The van der Waals surface area contributed by atoms with Crippen LogP contribution >= 0.6 is 34.8 Å². The van der Waals surface area contributed by atoms with Crippen LogP contribution in [-0.2, 0) is 9.47 Å². The summed E-state index contributed by atoms with van der Waals surface area (Å²) in [5.74, 6) is 1.91. The van der Waals surface area contributed by atoms with E-state index < -0.39 is 18.4 Å². The van der Waals surface area contributed by atoms with Gasteiger partial charge in [0.2, 0.25) is 10.6 Å². The summed E-state index contributed by atoms with van der Waals surface area (Å²) in [6, 6.07) is 10.8. The van der Waals surface area contributed by atoms with Crippen LogP contribution in [0.1, 0.15) is 86.3 Å². The summed E-state index contributed by atoms with van der Waals surface area (Å²) in [5.41, 5.74) is 2.02. The van der Waals surface area contributed by atoms with Crippen molar-refractivity contribution in [2.45, 2.75) is 93.9 Å². The molecule has 282 valence electrons. The number of aromatic nitrogens is 4. The van der Waals surface area contributed by atoms with Crippen molar-refractivity contribution in [3.63, 3.8) is 0 Å². The van der Waals surface area contributed by atoms with Crippen molar-refractivity contribution in [1.82, 2.24) is 19.9 Å². The van der Waals surface area contributed by atoms with E-state index in [9.17, 15) is 0 Å². The molecule has 0 atom stereocenters. The Morgan fingerprint density at radius 3 is 1.55 bits per heavy atom. The van der Waals surface area contributed by atoms with Gasteiger partial charge in [0.05, 0.1) is 31.9 Å². The Morgan fingerprint density at radius 1 is 0.647 bits per heavy atom. The molecule has 2 aromatic carbocycles. The number of ether oxygens (including phenoxy) is 4. The largest absolute Gasteiger partial charge is 0.497 e. The number of rotatable bonds is 17. The molecular weight excluding hydrogens is 814 g/mol. The molecule has 0 spiro atoms. The molecule has 0 aliphatic heterocycles. The Labute approximate surface area is 325 Å². The van der Waals surface area contributed by atoms with E-state index in [0.717, 1.165) is 28.6 Å². The Balaban J connectivity index is 0.000000382. The second-order valence-corrected chi connectivity index (χ2v) is 25.9. The molecule has 4 rings (SSSR count). The van der Waals surface area contributed by atoms with Crippen molar-refractivity contribution < 1.29 is 18.9 Å². The van der Waals surface area contributed by atoms with Gasteiger partial charge in [-0.3, -0.25) is 0 Å². The first kappa shape index (κ1) is 46.5. The molecule has 12 heteroatoms. The van der Waals surface area contributed by atoms with E-state index in [4.69, 9.17) is 53.8 Å². The van der Waals surface area contributed by atoms with Crippen molar-refractivity contribution in [3.05, 3.63) is 74.7 Å². The van der Waals surface area contributed by atoms with Gasteiger partial charge in [-0.2, -0.15) is 0 Å². The number of hydrogen-bond donors (Lipinski definition) is 0. The van der Waals surface area contributed by atoms with Gasteiger partial charge in [-0.1, -0.05) is 25.6 Å². The molecule has 0 saturated carbocycles. The molecule has 0 fully saturated rings. The molecule has 2 aromatic heterocycles. The van der Waals surface area contributed by atoms with Crippen LogP contribution < -0.4 is 9.47 Å². The van der Waals surface area contributed by atoms with Crippen LogP contribution in [0.4, 0.5) is 0 Å². The van der Waals surface area contributed by atoms with Gasteiger partial charge < -0.3 is 14.2 Å². The first-order valence-electron chi connectivity index (χ1n) is 17.3. The van der Waals surface area contributed by atoms with Gasteiger partial charge in [-0.05, 0) is 66.5 Å². The fourth-order valence-corrected chi connectivity index (χ4v) is 20.8. The Morgan fingerprint density at radius 2 is 1.10 bits per heavy atom. The molecule has 0 radical (unpaired) electrons. The summed E-state index contributed by atoms with van der Waals surface area (Å²) < 4.78 is 27.2. The molecule has 0 aliphatic carbocycles. The van der Waals surface area contributed by atoms with Gasteiger partial charge in [0.25, 0.3) is 0 Å². The summed E-state index contributed by atoms with van der Waals surface area (Å²) in [7, 11) is 3.20. The van der Waals surface area contributed by atoms with Gasteiger partial charge in [0.1, 0.15) is 28.1 Å². The number of benzene rings is 2. The molecule has 2 heterocycles. The van der Waals surface area contributed by atoms with Crippen LogP contribution in [0.15, 0.2) is 53.3 Å². The van der Waals surface area contributed by atoms with E-state index in [1.807, 2.05) is 25.1 Å². The van der Waals surface area contributed by atoms with Gasteiger partial charge in [-0.25, -0.2) is 19.9 Å². The van der Waals surface area contributed by atoms with Crippen molar-refractivity contribution in [1.29, 1.82) is 0 Å². The smallest absolute Gasteiger partial charge is 0.224 e. The average molecular weight is 871 g/mol. The number of nitrogens with zero attached hydrogens (tertiary/aromatic N) is 4. The number of methoxy groups -OCH3 is 2. The third-order valence-corrected chi connectivity index (χ3v) is 23.9. The zero-order chi connectivity index (χ0) is 37.1. The normalized spacial score (nSPS) is 10.6. The minimum Gasteiger partial charge on any atom is -0.497 e. The molecule has 4 aromatic rings. The Hall–Kier alpha value is -2.53.